The molecule has 1 N–H and O–H groups in total. The summed E-state index contributed by atoms with van der Waals surface area (Å²) in [4.78, 5) is 0.0701. The van der Waals surface area contributed by atoms with Crippen LogP contribution in [0.3, 0.4) is 0 Å². The Bertz CT molecular complexity index is 808. The van der Waals surface area contributed by atoms with E-state index in [1.165, 1.54) is 13.2 Å². The molecule has 0 aromatic heterocycles. The number of benzene rings is 2. The van der Waals surface area contributed by atoms with Crippen molar-refractivity contribution in [1.82, 2.24) is 4.72 Å². The Morgan fingerprint density at radius 3 is 2.28 bits per heavy atom. The molecule has 8 heteroatoms. The number of methoxy groups -OCH3 is 2. The van der Waals surface area contributed by atoms with Gasteiger partial charge in [-0.2, -0.15) is 0 Å². The molecular weight excluding hydrogens is 410 g/mol. The SMILES string of the molecule is COc1ccc(OC[C@H](C)NS(=O)(=O)c2cc(Br)ccc2OC)cc1. The summed E-state index contributed by atoms with van der Waals surface area (Å²) in [5.41, 5.74) is 0. The average molecular weight is 430 g/mol. The lowest BCUT2D eigenvalue weighted by molar-refractivity contribution is 0.287. The maximum atomic E-state index is 12.6. The molecule has 2 rings (SSSR count). The molecule has 0 heterocycles. The fourth-order valence-electron chi connectivity index (χ4n) is 2.12. The van der Waals surface area contributed by atoms with E-state index in [0.717, 1.165) is 5.75 Å². The first-order valence-corrected chi connectivity index (χ1v) is 9.76. The molecule has 0 amide bonds. The van der Waals surface area contributed by atoms with Crippen LogP contribution in [0, 0.1) is 0 Å². The number of hydrogen-bond donors (Lipinski definition) is 1. The Morgan fingerprint density at radius 2 is 1.68 bits per heavy atom. The summed E-state index contributed by atoms with van der Waals surface area (Å²) < 4.78 is 44.2. The number of ether oxygens (including phenoxy) is 3. The van der Waals surface area contributed by atoms with E-state index in [-0.39, 0.29) is 17.3 Å². The van der Waals surface area contributed by atoms with Crippen LogP contribution >= 0.6 is 15.9 Å². The predicted molar refractivity (Wildman–Crippen MR) is 99.0 cm³/mol. The highest BCUT2D eigenvalue weighted by Gasteiger charge is 2.22. The van der Waals surface area contributed by atoms with E-state index in [2.05, 4.69) is 20.7 Å². The lowest BCUT2D eigenvalue weighted by Crippen LogP contribution is -2.36. The van der Waals surface area contributed by atoms with Gasteiger partial charge in [0, 0.05) is 4.47 Å². The first kappa shape index (κ1) is 19.6. The molecule has 0 bridgehead atoms. The molecule has 0 unspecified atom stereocenters. The van der Waals surface area contributed by atoms with E-state index in [0.29, 0.717) is 10.2 Å². The van der Waals surface area contributed by atoms with E-state index in [1.54, 1.807) is 50.4 Å². The number of sulfonamides is 1. The van der Waals surface area contributed by atoms with Gasteiger partial charge in [0.2, 0.25) is 10.0 Å². The van der Waals surface area contributed by atoms with E-state index in [1.807, 2.05) is 0 Å². The highest BCUT2D eigenvalue weighted by atomic mass is 79.9. The standard InChI is InChI=1S/C17H20BrNO5S/c1-12(11-24-15-7-5-14(22-2)6-8-15)19-25(20,21)17-10-13(18)4-9-16(17)23-3/h4-10,12,19H,11H2,1-3H3/t12-/m0/s1. The molecule has 1 atom stereocenters. The molecule has 25 heavy (non-hydrogen) atoms. The quantitative estimate of drug-likeness (QED) is 0.697. The molecular formula is C17H20BrNO5S. The van der Waals surface area contributed by atoms with Crippen LogP contribution in [0.25, 0.3) is 0 Å². The van der Waals surface area contributed by atoms with Gasteiger partial charge in [-0.25, -0.2) is 13.1 Å². The van der Waals surface area contributed by atoms with Crippen molar-refractivity contribution in [3.8, 4) is 17.2 Å². The molecule has 2 aromatic rings. The third kappa shape index (κ3) is 5.35. The normalized spacial score (nSPS) is 12.5. The smallest absolute Gasteiger partial charge is 0.244 e. The van der Waals surface area contributed by atoms with E-state index < -0.39 is 16.1 Å². The first-order chi connectivity index (χ1) is 11.9. The summed E-state index contributed by atoms with van der Waals surface area (Å²) in [6.45, 7) is 1.91. The molecule has 0 aliphatic rings. The molecule has 0 aliphatic heterocycles. The second-order valence-corrected chi connectivity index (χ2v) is 7.90. The minimum absolute atomic E-state index is 0.0701. The van der Waals surface area contributed by atoms with Crippen LogP contribution in [0.2, 0.25) is 0 Å². The van der Waals surface area contributed by atoms with Crippen molar-refractivity contribution in [2.75, 3.05) is 20.8 Å². The Morgan fingerprint density at radius 1 is 1.04 bits per heavy atom. The van der Waals surface area contributed by atoms with Crippen molar-refractivity contribution in [3.05, 3.63) is 46.9 Å². The second-order valence-electron chi connectivity index (χ2n) is 5.30. The summed E-state index contributed by atoms with van der Waals surface area (Å²) >= 11 is 3.27. The number of rotatable bonds is 8. The lowest BCUT2D eigenvalue weighted by Gasteiger charge is -2.17. The topological polar surface area (TPSA) is 73.9 Å². The highest BCUT2D eigenvalue weighted by molar-refractivity contribution is 9.10. The number of nitrogens with one attached hydrogen (secondary N) is 1. The monoisotopic (exact) mass is 429 g/mol. The third-order valence-electron chi connectivity index (χ3n) is 3.33. The van der Waals surface area contributed by atoms with Crippen molar-refractivity contribution in [1.29, 1.82) is 0 Å². The minimum Gasteiger partial charge on any atom is -0.497 e. The summed E-state index contributed by atoms with van der Waals surface area (Å²) in [6, 6.07) is 11.4. The van der Waals surface area contributed by atoms with Gasteiger partial charge in [-0.05, 0) is 49.4 Å². The average Bonchev–Trinajstić information content (AvgIpc) is 2.60. The number of halogens is 1. The molecule has 6 nitrogen and oxygen atoms in total. The minimum atomic E-state index is -3.74. The third-order valence-corrected chi connectivity index (χ3v) is 5.43. The van der Waals surface area contributed by atoms with Crippen molar-refractivity contribution in [2.24, 2.45) is 0 Å². The summed E-state index contributed by atoms with van der Waals surface area (Å²) in [6.07, 6.45) is 0. The molecule has 0 saturated carbocycles. The van der Waals surface area contributed by atoms with Gasteiger partial charge in [0.1, 0.15) is 28.8 Å². The van der Waals surface area contributed by atoms with Crippen LogP contribution in [0.1, 0.15) is 6.92 Å². The van der Waals surface area contributed by atoms with Crippen molar-refractivity contribution in [3.63, 3.8) is 0 Å². The largest absolute Gasteiger partial charge is 0.497 e. The van der Waals surface area contributed by atoms with Gasteiger partial charge in [-0.15, -0.1) is 0 Å². The van der Waals surface area contributed by atoms with Crippen molar-refractivity contribution >= 4 is 26.0 Å². The highest BCUT2D eigenvalue weighted by Crippen LogP contribution is 2.27. The summed E-state index contributed by atoms with van der Waals surface area (Å²) in [5.74, 6) is 1.63. The maximum Gasteiger partial charge on any atom is 0.244 e. The molecule has 0 radical (unpaired) electrons. The van der Waals surface area contributed by atoms with Gasteiger partial charge in [-0.1, -0.05) is 15.9 Å². The van der Waals surface area contributed by atoms with Crippen LogP contribution in [-0.4, -0.2) is 35.3 Å². The Kier molecular flexibility index (Phi) is 6.69. The molecule has 0 saturated heterocycles. The van der Waals surface area contributed by atoms with Crippen LogP contribution in [0.5, 0.6) is 17.2 Å². The van der Waals surface area contributed by atoms with Crippen LogP contribution < -0.4 is 18.9 Å². The molecule has 0 fully saturated rings. The van der Waals surface area contributed by atoms with E-state index >= 15 is 0 Å². The van der Waals surface area contributed by atoms with E-state index in [9.17, 15) is 8.42 Å². The second kappa shape index (κ2) is 8.55. The van der Waals surface area contributed by atoms with Crippen molar-refractivity contribution < 1.29 is 22.6 Å². The molecule has 2 aromatic carbocycles. The molecule has 136 valence electrons. The first-order valence-electron chi connectivity index (χ1n) is 7.48. The Balaban J connectivity index is 2.03. The molecule has 0 aliphatic carbocycles. The van der Waals surface area contributed by atoms with Gasteiger partial charge in [0.25, 0.3) is 0 Å². The Hall–Kier alpha value is -1.77. The summed E-state index contributed by atoms with van der Waals surface area (Å²) in [7, 11) is -0.730. The van der Waals surface area contributed by atoms with Crippen LogP contribution in [0.15, 0.2) is 51.8 Å². The fraction of sp³-hybridized carbons (Fsp3) is 0.294. The zero-order valence-corrected chi connectivity index (χ0v) is 16.6. The fourth-order valence-corrected chi connectivity index (χ4v) is 4.05. The van der Waals surface area contributed by atoms with Gasteiger partial charge < -0.3 is 14.2 Å². The summed E-state index contributed by atoms with van der Waals surface area (Å²) in [5, 5.41) is 0. The van der Waals surface area contributed by atoms with Gasteiger partial charge >= 0.3 is 0 Å². The van der Waals surface area contributed by atoms with Gasteiger partial charge in [0.15, 0.2) is 0 Å². The predicted octanol–water partition coefficient (Wildman–Crippen LogP) is 3.21. The Labute approximate surface area is 156 Å². The van der Waals surface area contributed by atoms with Crippen molar-refractivity contribution in [2.45, 2.75) is 17.9 Å². The zero-order valence-electron chi connectivity index (χ0n) is 14.2. The lowest BCUT2D eigenvalue weighted by atomic mass is 10.3. The number of hydrogen-bond acceptors (Lipinski definition) is 5. The zero-order chi connectivity index (χ0) is 18.4. The molecule has 0 spiro atoms. The van der Waals surface area contributed by atoms with Gasteiger partial charge in [0.05, 0.1) is 20.3 Å². The van der Waals surface area contributed by atoms with Crippen LogP contribution in [0.4, 0.5) is 0 Å². The van der Waals surface area contributed by atoms with Gasteiger partial charge in [-0.3, -0.25) is 0 Å². The van der Waals surface area contributed by atoms with Crippen LogP contribution in [-0.2, 0) is 10.0 Å². The maximum absolute atomic E-state index is 12.6. The van der Waals surface area contributed by atoms with E-state index in [4.69, 9.17) is 14.2 Å².